The molecule has 1 saturated heterocycles. The first-order valence-electron chi connectivity index (χ1n) is 8.30. The van der Waals surface area contributed by atoms with Gasteiger partial charge < -0.3 is 9.47 Å². The molecule has 2 aromatic rings. The lowest BCUT2D eigenvalue weighted by Gasteiger charge is -2.13. The topological polar surface area (TPSA) is 72.9 Å². The highest BCUT2D eigenvalue weighted by Gasteiger charge is 2.34. The van der Waals surface area contributed by atoms with Crippen molar-refractivity contribution in [2.24, 2.45) is 0 Å². The minimum atomic E-state index is -0.437. The maximum atomic E-state index is 12.5. The van der Waals surface area contributed by atoms with E-state index in [1.54, 1.807) is 54.6 Å². The number of hydrogen-bond donors (Lipinski definition) is 0. The van der Waals surface area contributed by atoms with Crippen LogP contribution in [-0.2, 0) is 9.53 Å². The molecule has 1 aliphatic heterocycles. The van der Waals surface area contributed by atoms with Gasteiger partial charge in [0.1, 0.15) is 12.4 Å². The van der Waals surface area contributed by atoms with Crippen molar-refractivity contribution in [1.82, 2.24) is 4.90 Å². The molecule has 1 heterocycles. The third-order valence-corrected chi connectivity index (χ3v) is 5.06. The molecule has 1 fully saturated rings. The Morgan fingerprint density at radius 3 is 2.43 bits per heavy atom. The summed E-state index contributed by atoms with van der Waals surface area (Å²) in [6.07, 6.45) is 1.62. The number of methoxy groups -OCH3 is 1. The van der Waals surface area contributed by atoms with Crippen LogP contribution in [0.15, 0.2) is 53.4 Å². The molecule has 2 aromatic carbocycles. The molecule has 0 atom stereocenters. The highest BCUT2D eigenvalue weighted by Crippen LogP contribution is 2.32. The summed E-state index contributed by atoms with van der Waals surface area (Å²) >= 11 is 6.69. The van der Waals surface area contributed by atoms with Gasteiger partial charge in [0.2, 0.25) is 0 Å². The van der Waals surface area contributed by atoms with Crippen molar-refractivity contribution >= 4 is 46.6 Å². The number of halogens is 1. The Bertz CT molecular complexity index is 925. The van der Waals surface area contributed by atoms with Crippen molar-refractivity contribution < 1.29 is 23.9 Å². The summed E-state index contributed by atoms with van der Waals surface area (Å²) in [7, 11) is 1.31. The number of benzene rings is 2. The number of thioether (sulfide) groups is 1. The second kappa shape index (κ2) is 8.95. The van der Waals surface area contributed by atoms with E-state index in [2.05, 4.69) is 4.74 Å². The van der Waals surface area contributed by atoms with Gasteiger partial charge in [-0.05, 0) is 59.8 Å². The van der Waals surface area contributed by atoms with Crippen molar-refractivity contribution in [2.75, 3.05) is 20.3 Å². The molecule has 0 saturated carbocycles. The molecule has 28 heavy (non-hydrogen) atoms. The minimum absolute atomic E-state index is 0.145. The van der Waals surface area contributed by atoms with Crippen molar-refractivity contribution in [3.05, 3.63) is 69.6 Å². The summed E-state index contributed by atoms with van der Waals surface area (Å²) in [5.41, 5.74) is 1.11. The van der Waals surface area contributed by atoms with Crippen LogP contribution in [0, 0.1) is 0 Å². The molecule has 3 rings (SSSR count). The molecule has 0 radical (unpaired) electrons. The van der Waals surface area contributed by atoms with Gasteiger partial charge in [-0.25, -0.2) is 4.79 Å². The van der Waals surface area contributed by atoms with E-state index in [1.165, 1.54) is 7.11 Å². The lowest BCUT2D eigenvalue weighted by atomic mass is 10.1. The van der Waals surface area contributed by atoms with Crippen LogP contribution in [0.4, 0.5) is 4.79 Å². The summed E-state index contributed by atoms with van der Waals surface area (Å²) in [4.78, 5) is 37.6. The number of carbonyl (C=O) groups excluding carboxylic acids is 3. The van der Waals surface area contributed by atoms with Gasteiger partial charge >= 0.3 is 5.97 Å². The Balaban J connectivity index is 1.61. The number of ether oxygens (including phenoxy) is 2. The van der Waals surface area contributed by atoms with Crippen LogP contribution >= 0.6 is 23.4 Å². The quantitative estimate of drug-likeness (QED) is 0.517. The summed E-state index contributed by atoms with van der Waals surface area (Å²) in [5.74, 6) is -0.197. The van der Waals surface area contributed by atoms with Crippen molar-refractivity contribution in [3.63, 3.8) is 0 Å². The van der Waals surface area contributed by atoms with E-state index in [9.17, 15) is 14.4 Å². The molecule has 0 aliphatic carbocycles. The van der Waals surface area contributed by atoms with Crippen molar-refractivity contribution in [3.8, 4) is 5.75 Å². The van der Waals surface area contributed by atoms with Crippen molar-refractivity contribution in [2.45, 2.75) is 0 Å². The number of carbonyl (C=O) groups is 3. The molecule has 0 spiro atoms. The standard InChI is InChI=1S/C20H16ClNO5S/c1-26-19(24)14-4-2-13(3-5-14)12-17-18(23)22(20(25)28-17)10-11-27-16-8-6-15(21)7-9-16/h2-9,12H,10-11H2,1H3/b17-12-. The number of hydrogen-bond acceptors (Lipinski definition) is 6. The lowest BCUT2D eigenvalue weighted by Crippen LogP contribution is -2.32. The average molecular weight is 418 g/mol. The summed E-state index contributed by atoms with van der Waals surface area (Å²) in [5, 5.41) is 0.255. The van der Waals surface area contributed by atoms with Crippen LogP contribution in [-0.4, -0.2) is 42.3 Å². The van der Waals surface area contributed by atoms with Gasteiger partial charge in [0.05, 0.1) is 24.1 Å². The van der Waals surface area contributed by atoms with E-state index in [0.717, 1.165) is 16.7 Å². The molecule has 0 bridgehead atoms. The maximum absolute atomic E-state index is 12.5. The van der Waals surface area contributed by atoms with E-state index in [4.69, 9.17) is 16.3 Å². The van der Waals surface area contributed by atoms with Gasteiger partial charge in [-0.2, -0.15) is 0 Å². The van der Waals surface area contributed by atoms with Crippen LogP contribution < -0.4 is 4.74 Å². The molecule has 2 amide bonds. The maximum Gasteiger partial charge on any atom is 0.337 e. The van der Waals surface area contributed by atoms with Crippen molar-refractivity contribution in [1.29, 1.82) is 0 Å². The van der Waals surface area contributed by atoms with Gasteiger partial charge in [0, 0.05) is 5.02 Å². The highest BCUT2D eigenvalue weighted by atomic mass is 35.5. The molecule has 8 heteroatoms. The van der Waals surface area contributed by atoms with Crippen LogP contribution in [0.2, 0.25) is 5.02 Å². The third kappa shape index (κ3) is 4.74. The first kappa shape index (κ1) is 20.0. The van der Waals surface area contributed by atoms with Gasteiger partial charge in [-0.15, -0.1) is 0 Å². The summed E-state index contributed by atoms with van der Waals surface area (Å²) in [6, 6.07) is 13.4. The molecule has 0 unspecified atom stereocenters. The molecule has 0 N–H and O–H groups in total. The first-order chi connectivity index (χ1) is 13.5. The molecular formula is C20H16ClNO5S. The third-order valence-electron chi connectivity index (χ3n) is 3.90. The molecular weight excluding hydrogens is 402 g/mol. The van der Waals surface area contributed by atoms with Crippen LogP contribution in [0.25, 0.3) is 6.08 Å². The fraction of sp³-hybridized carbons (Fsp3) is 0.150. The lowest BCUT2D eigenvalue weighted by molar-refractivity contribution is -0.123. The van der Waals surface area contributed by atoms with Gasteiger partial charge in [0.25, 0.3) is 11.1 Å². The number of nitrogens with zero attached hydrogens (tertiary/aromatic N) is 1. The van der Waals surface area contributed by atoms with E-state index < -0.39 is 5.97 Å². The smallest absolute Gasteiger partial charge is 0.337 e. The zero-order valence-corrected chi connectivity index (χ0v) is 16.5. The van der Waals surface area contributed by atoms with E-state index in [0.29, 0.717) is 26.8 Å². The van der Waals surface area contributed by atoms with E-state index in [-0.39, 0.29) is 24.3 Å². The largest absolute Gasteiger partial charge is 0.492 e. The molecule has 1 aliphatic rings. The van der Waals surface area contributed by atoms with E-state index in [1.807, 2.05) is 0 Å². The molecule has 144 valence electrons. The highest BCUT2D eigenvalue weighted by molar-refractivity contribution is 8.18. The number of rotatable bonds is 6. The Kier molecular flexibility index (Phi) is 6.38. The van der Waals surface area contributed by atoms with Gasteiger partial charge in [-0.1, -0.05) is 23.7 Å². The minimum Gasteiger partial charge on any atom is -0.492 e. The number of imide groups is 1. The predicted octanol–water partition coefficient (Wildman–Crippen LogP) is 4.24. The Hall–Kier alpha value is -2.77. The normalized spacial score (nSPS) is 15.2. The average Bonchev–Trinajstić information content (AvgIpc) is 2.96. The van der Waals surface area contributed by atoms with E-state index >= 15 is 0 Å². The number of amides is 2. The molecule has 6 nitrogen and oxygen atoms in total. The second-order valence-electron chi connectivity index (χ2n) is 5.75. The SMILES string of the molecule is COC(=O)c1ccc(/C=C2\SC(=O)N(CCOc3ccc(Cl)cc3)C2=O)cc1. The van der Waals surface area contributed by atoms with Gasteiger partial charge in [-0.3, -0.25) is 14.5 Å². The first-order valence-corrected chi connectivity index (χ1v) is 9.49. The number of esters is 1. The zero-order valence-electron chi connectivity index (χ0n) is 14.9. The summed E-state index contributed by atoms with van der Waals surface area (Å²) in [6.45, 7) is 0.326. The van der Waals surface area contributed by atoms with Crippen LogP contribution in [0.3, 0.4) is 0 Å². The zero-order chi connectivity index (χ0) is 20.1. The predicted molar refractivity (Wildman–Crippen MR) is 107 cm³/mol. The Morgan fingerprint density at radius 2 is 1.79 bits per heavy atom. The summed E-state index contributed by atoms with van der Waals surface area (Å²) < 4.78 is 10.2. The Morgan fingerprint density at radius 1 is 1.11 bits per heavy atom. The fourth-order valence-electron chi connectivity index (χ4n) is 2.46. The second-order valence-corrected chi connectivity index (χ2v) is 7.18. The molecule has 0 aromatic heterocycles. The van der Waals surface area contributed by atoms with Gasteiger partial charge in [0.15, 0.2) is 0 Å². The monoisotopic (exact) mass is 417 g/mol. The van der Waals surface area contributed by atoms with Crippen LogP contribution in [0.1, 0.15) is 15.9 Å². The van der Waals surface area contributed by atoms with Crippen LogP contribution in [0.5, 0.6) is 5.75 Å². The Labute approximate surface area is 171 Å². The fourth-order valence-corrected chi connectivity index (χ4v) is 3.45.